The van der Waals surface area contributed by atoms with Crippen molar-refractivity contribution in [2.75, 3.05) is 14.2 Å². The van der Waals surface area contributed by atoms with Gasteiger partial charge in [0.25, 0.3) is 0 Å². The highest BCUT2D eigenvalue weighted by molar-refractivity contribution is 9.10. The maximum absolute atomic E-state index is 9.85. The molecule has 0 saturated carbocycles. The Morgan fingerprint density at radius 1 is 1.08 bits per heavy atom. The maximum Gasteiger partial charge on any atom is 0.176 e. The van der Waals surface area contributed by atoms with E-state index >= 15 is 0 Å². The van der Waals surface area contributed by atoms with E-state index in [9.17, 15) is 5.11 Å². The van der Waals surface area contributed by atoms with Gasteiger partial charge < -0.3 is 19.1 Å². The summed E-state index contributed by atoms with van der Waals surface area (Å²) in [6.45, 7) is -0.195. The van der Waals surface area contributed by atoms with Crippen molar-refractivity contribution in [3.8, 4) is 34.1 Å². The molecule has 6 heteroatoms. The van der Waals surface area contributed by atoms with Gasteiger partial charge in [-0.1, -0.05) is 33.2 Å². The summed E-state index contributed by atoms with van der Waals surface area (Å²) >= 11 is 3.41. The molecule has 1 heterocycles. The van der Waals surface area contributed by atoms with E-state index in [0.29, 0.717) is 34.1 Å². The van der Waals surface area contributed by atoms with Crippen LogP contribution in [0.5, 0.6) is 11.5 Å². The second-order valence-electron chi connectivity index (χ2n) is 5.07. The Labute approximate surface area is 147 Å². The number of rotatable bonds is 5. The summed E-state index contributed by atoms with van der Waals surface area (Å²) in [6.07, 6.45) is 0. The molecule has 0 amide bonds. The molecule has 0 unspecified atom stereocenters. The molecule has 5 nitrogen and oxygen atoms in total. The number of hydrogen-bond donors (Lipinski definition) is 1. The molecule has 3 aromatic rings. The highest BCUT2D eigenvalue weighted by atomic mass is 79.9. The van der Waals surface area contributed by atoms with Gasteiger partial charge in [-0.3, -0.25) is 0 Å². The molecule has 124 valence electrons. The average Bonchev–Trinajstić information content (AvgIpc) is 3.05. The van der Waals surface area contributed by atoms with Gasteiger partial charge in [-0.25, -0.2) is 0 Å². The number of hydrogen-bond acceptors (Lipinski definition) is 5. The Bertz CT molecular complexity index is 843. The first-order valence-corrected chi connectivity index (χ1v) is 8.05. The van der Waals surface area contributed by atoms with Gasteiger partial charge in [0.1, 0.15) is 17.2 Å². The molecule has 0 bridgehead atoms. The smallest absolute Gasteiger partial charge is 0.176 e. The summed E-state index contributed by atoms with van der Waals surface area (Å²) in [5, 5.41) is 14.0. The third-order valence-electron chi connectivity index (χ3n) is 3.72. The lowest BCUT2D eigenvalue weighted by atomic mass is 10.0. The molecule has 0 aliphatic carbocycles. The fourth-order valence-electron chi connectivity index (χ4n) is 2.49. The van der Waals surface area contributed by atoms with Gasteiger partial charge in [0.15, 0.2) is 5.76 Å². The summed E-state index contributed by atoms with van der Waals surface area (Å²) in [7, 11) is 3.16. The van der Waals surface area contributed by atoms with E-state index in [-0.39, 0.29) is 6.61 Å². The molecular weight excluding hydrogens is 374 g/mol. The van der Waals surface area contributed by atoms with Gasteiger partial charge in [0.2, 0.25) is 0 Å². The molecule has 3 rings (SSSR count). The zero-order valence-corrected chi connectivity index (χ0v) is 14.8. The predicted octanol–water partition coefficient (Wildman–Crippen LogP) is 4.28. The molecule has 0 radical (unpaired) electrons. The Morgan fingerprint density at radius 3 is 2.46 bits per heavy atom. The highest BCUT2D eigenvalue weighted by Gasteiger charge is 2.21. The molecule has 2 aromatic carbocycles. The fraction of sp³-hybridized carbons (Fsp3) is 0.167. The molecule has 0 spiro atoms. The van der Waals surface area contributed by atoms with Crippen LogP contribution in [0.15, 0.2) is 51.5 Å². The van der Waals surface area contributed by atoms with Crippen LogP contribution in [0.2, 0.25) is 0 Å². The van der Waals surface area contributed by atoms with Crippen LogP contribution in [-0.2, 0) is 6.61 Å². The standard InChI is InChI=1S/C18H16BrNO4/c1-22-13-7-8-14(16(9-13)23-2)18-15(10-21)17(20-24-18)11-3-5-12(19)6-4-11/h3-9,21H,10H2,1-2H3. The van der Waals surface area contributed by atoms with Crippen LogP contribution >= 0.6 is 15.9 Å². The van der Waals surface area contributed by atoms with Gasteiger partial charge in [0.05, 0.1) is 32.0 Å². The van der Waals surface area contributed by atoms with Crippen molar-refractivity contribution in [1.82, 2.24) is 5.16 Å². The average molecular weight is 390 g/mol. The predicted molar refractivity (Wildman–Crippen MR) is 94.1 cm³/mol. The van der Waals surface area contributed by atoms with Gasteiger partial charge in [-0.15, -0.1) is 0 Å². The molecule has 0 atom stereocenters. The third kappa shape index (κ3) is 3.02. The number of aliphatic hydroxyl groups is 1. The number of ether oxygens (including phenoxy) is 2. The fourth-order valence-corrected chi connectivity index (χ4v) is 2.75. The second kappa shape index (κ2) is 7.07. The Balaban J connectivity index is 2.11. The number of aliphatic hydroxyl groups excluding tert-OH is 1. The van der Waals surface area contributed by atoms with Crippen LogP contribution in [0.4, 0.5) is 0 Å². The molecule has 0 aliphatic rings. The zero-order valence-electron chi connectivity index (χ0n) is 13.2. The van der Waals surface area contributed by atoms with Crippen molar-refractivity contribution in [2.24, 2.45) is 0 Å². The monoisotopic (exact) mass is 389 g/mol. The summed E-state index contributed by atoms with van der Waals surface area (Å²) in [5.41, 5.74) is 2.79. The molecular formula is C18H16BrNO4. The lowest BCUT2D eigenvalue weighted by molar-refractivity contribution is 0.281. The maximum atomic E-state index is 9.85. The minimum absolute atomic E-state index is 0.195. The Kier molecular flexibility index (Phi) is 4.87. The summed E-state index contributed by atoms with van der Waals surface area (Å²) in [5.74, 6) is 1.74. The van der Waals surface area contributed by atoms with Crippen molar-refractivity contribution in [2.45, 2.75) is 6.61 Å². The van der Waals surface area contributed by atoms with E-state index in [1.165, 1.54) is 0 Å². The van der Waals surface area contributed by atoms with Crippen molar-refractivity contribution < 1.29 is 19.1 Å². The first-order valence-electron chi connectivity index (χ1n) is 7.25. The van der Waals surface area contributed by atoms with Crippen LogP contribution < -0.4 is 9.47 Å². The molecule has 0 fully saturated rings. The topological polar surface area (TPSA) is 64.7 Å². The van der Waals surface area contributed by atoms with E-state index in [1.54, 1.807) is 26.4 Å². The minimum Gasteiger partial charge on any atom is -0.497 e. The molecule has 1 N–H and O–H groups in total. The van der Waals surface area contributed by atoms with E-state index in [0.717, 1.165) is 10.0 Å². The first kappa shape index (κ1) is 16.5. The van der Waals surface area contributed by atoms with Crippen LogP contribution in [-0.4, -0.2) is 24.5 Å². The molecule has 0 aliphatic heterocycles. The number of methoxy groups -OCH3 is 2. The van der Waals surface area contributed by atoms with Crippen LogP contribution in [0, 0.1) is 0 Å². The van der Waals surface area contributed by atoms with E-state index < -0.39 is 0 Å². The van der Waals surface area contributed by atoms with E-state index in [2.05, 4.69) is 21.1 Å². The van der Waals surface area contributed by atoms with Crippen molar-refractivity contribution in [3.63, 3.8) is 0 Å². The second-order valence-corrected chi connectivity index (χ2v) is 5.99. The quantitative estimate of drug-likeness (QED) is 0.705. The number of benzene rings is 2. The Hall–Kier alpha value is -2.31. The van der Waals surface area contributed by atoms with Gasteiger partial charge in [-0.2, -0.15) is 0 Å². The zero-order chi connectivity index (χ0) is 17.1. The highest BCUT2D eigenvalue weighted by Crippen LogP contribution is 2.38. The van der Waals surface area contributed by atoms with Gasteiger partial charge in [0, 0.05) is 16.1 Å². The van der Waals surface area contributed by atoms with Crippen molar-refractivity contribution in [1.29, 1.82) is 0 Å². The number of aromatic nitrogens is 1. The first-order chi connectivity index (χ1) is 11.7. The Morgan fingerprint density at radius 2 is 1.83 bits per heavy atom. The summed E-state index contributed by atoms with van der Waals surface area (Å²) in [6, 6.07) is 13.0. The van der Waals surface area contributed by atoms with E-state index in [1.807, 2.05) is 30.3 Å². The lowest BCUT2D eigenvalue weighted by Crippen LogP contribution is -1.93. The van der Waals surface area contributed by atoms with Crippen molar-refractivity contribution in [3.05, 3.63) is 52.5 Å². The molecule has 24 heavy (non-hydrogen) atoms. The van der Waals surface area contributed by atoms with Gasteiger partial charge >= 0.3 is 0 Å². The summed E-state index contributed by atoms with van der Waals surface area (Å²) < 4.78 is 17.1. The number of nitrogens with zero attached hydrogens (tertiary/aromatic N) is 1. The molecule has 0 saturated heterocycles. The summed E-state index contributed by atoms with van der Waals surface area (Å²) in [4.78, 5) is 0. The molecule has 1 aromatic heterocycles. The number of halogens is 1. The third-order valence-corrected chi connectivity index (χ3v) is 4.25. The van der Waals surface area contributed by atoms with Crippen LogP contribution in [0.25, 0.3) is 22.6 Å². The van der Waals surface area contributed by atoms with Crippen LogP contribution in [0.1, 0.15) is 5.56 Å². The minimum atomic E-state index is -0.195. The van der Waals surface area contributed by atoms with Crippen LogP contribution in [0.3, 0.4) is 0 Å². The lowest BCUT2D eigenvalue weighted by Gasteiger charge is -2.09. The SMILES string of the molecule is COc1ccc(-c2onc(-c3ccc(Br)cc3)c2CO)c(OC)c1. The van der Waals surface area contributed by atoms with Crippen molar-refractivity contribution >= 4 is 15.9 Å². The largest absolute Gasteiger partial charge is 0.497 e. The van der Waals surface area contributed by atoms with E-state index in [4.69, 9.17) is 14.0 Å². The normalized spacial score (nSPS) is 10.7. The van der Waals surface area contributed by atoms with Gasteiger partial charge in [-0.05, 0) is 24.3 Å².